The van der Waals surface area contributed by atoms with Gasteiger partial charge in [0.1, 0.15) is 0 Å². The topological polar surface area (TPSA) is 58.4 Å². The molecule has 0 atom stereocenters. The second kappa shape index (κ2) is 21.5. The van der Waals surface area contributed by atoms with Gasteiger partial charge in [0, 0.05) is 82.5 Å². The van der Waals surface area contributed by atoms with E-state index < -0.39 is 0 Å². The van der Waals surface area contributed by atoms with E-state index in [4.69, 9.17) is 15.0 Å². The van der Waals surface area contributed by atoms with E-state index >= 15 is 0 Å². The Kier molecular flexibility index (Phi) is 12.1. The SMILES string of the molecule is c1ccc(-c2ccccc2-c2nc(-c3ccc(-n4c5ccccc5c5ccc(-c6ccc7c(c6)c6ccccc6n7-c6ccccc6)cc54)cc3)nc(-c3ccc(-n4c5ccccc5c5ccc(-c6ccc7c(c6)c6ccccc6n7-c6ccccc6)cc54)cc3)n2)cc1. The molecule has 0 radical (unpaired) electrons. The zero-order valence-corrected chi connectivity index (χ0v) is 50.9. The Hall–Kier alpha value is -12.7. The average molecular weight is 1200 g/mol. The van der Waals surface area contributed by atoms with E-state index in [1.807, 2.05) is 0 Å². The summed E-state index contributed by atoms with van der Waals surface area (Å²) in [6.07, 6.45) is 0. The maximum atomic E-state index is 5.36. The van der Waals surface area contributed by atoms with Crippen LogP contribution in [0.4, 0.5) is 0 Å². The number of rotatable bonds is 10. The second-order valence-electron chi connectivity index (χ2n) is 24.3. The van der Waals surface area contributed by atoms with Crippen LogP contribution in [0.5, 0.6) is 0 Å². The molecule has 7 heteroatoms. The zero-order chi connectivity index (χ0) is 61.8. The van der Waals surface area contributed by atoms with Crippen molar-refractivity contribution in [3.8, 4) is 90.3 Å². The van der Waals surface area contributed by atoms with Crippen molar-refractivity contribution < 1.29 is 0 Å². The van der Waals surface area contributed by atoms with Gasteiger partial charge < -0.3 is 18.3 Å². The fraction of sp³-hybridized carbons (Fsp3) is 0. The summed E-state index contributed by atoms with van der Waals surface area (Å²) >= 11 is 0. The average Bonchev–Trinajstić information content (AvgIpc) is 1.58. The lowest BCUT2D eigenvalue weighted by Gasteiger charge is -2.13. The summed E-state index contributed by atoms with van der Waals surface area (Å²) in [6, 6.07) is 120. The predicted molar refractivity (Wildman–Crippen MR) is 390 cm³/mol. The summed E-state index contributed by atoms with van der Waals surface area (Å²) < 4.78 is 9.53. The Labute approximate surface area is 541 Å². The summed E-state index contributed by atoms with van der Waals surface area (Å²) in [6.45, 7) is 0. The van der Waals surface area contributed by atoms with E-state index in [0.29, 0.717) is 17.5 Å². The van der Waals surface area contributed by atoms with E-state index in [0.717, 1.165) is 94.9 Å². The van der Waals surface area contributed by atoms with E-state index in [-0.39, 0.29) is 0 Å². The van der Waals surface area contributed by atoms with Gasteiger partial charge >= 0.3 is 0 Å². The third kappa shape index (κ3) is 8.56. The number of nitrogens with zero attached hydrogens (tertiary/aromatic N) is 7. The molecule has 0 amide bonds. The molecule has 0 aliphatic heterocycles. The minimum absolute atomic E-state index is 0.588. The van der Waals surface area contributed by atoms with Crippen LogP contribution in [0.2, 0.25) is 0 Å². The lowest BCUT2D eigenvalue weighted by Crippen LogP contribution is -2.02. The molecule has 94 heavy (non-hydrogen) atoms. The molecule has 19 rings (SSSR count). The van der Waals surface area contributed by atoms with Gasteiger partial charge in [0.25, 0.3) is 0 Å². The molecule has 0 saturated heterocycles. The number of para-hydroxylation sites is 6. The van der Waals surface area contributed by atoms with Crippen LogP contribution in [0.3, 0.4) is 0 Å². The molecular formula is C87H55N7. The molecule has 0 aliphatic carbocycles. The molecule has 0 N–H and O–H groups in total. The van der Waals surface area contributed by atoms with Crippen molar-refractivity contribution in [2.75, 3.05) is 0 Å². The van der Waals surface area contributed by atoms with Crippen LogP contribution in [0, 0.1) is 0 Å². The Morgan fingerprint density at radius 3 is 0.883 bits per heavy atom. The molecule has 0 spiro atoms. The summed E-state index contributed by atoms with van der Waals surface area (Å²) in [5.41, 5.74) is 23.1. The number of hydrogen-bond acceptors (Lipinski definition) is 3. The van der Waals surface area contributed by atoms with Gasteiger partial charge in [-0.1, -0.05) is 200 Å². The highest BCUT2D eigenvalue weighted by molar-refractivity contribution is 6.14. The molecule has 5 heterocycles. The van der Waals surface area contributed by atoms with Gasteiger partial charge in [0.15, 0.2) is 17.5 Å². The van der Waals surface area contributed by atoms with Crippen molar-refractivity contribution in [3.63, 3.8) is 0 Å². The normalized spacial score (nSPS) is 11.8. The van der Waals surface area contributed by atoms with Gasteiger partial charge in [0.05, 0.1) is 44.1 Å². The number of fused-ring (bicyclic) bond motifs is 12. The van der Waals surface area contributed by atoms with E-state index in [2.05, 4.69) is 352 Å². The lowest BCUT2D eigenvalue weighted by molar-refractivity contribution is 1.07. The molecule has 5 aromatic heterocycles. The Morgan fingerprint density at radius 2 is 0.447 bits per heavy atom. The zero-order valence-electron chi connectivity index (χ0n) is 50.9. The monoisotopic (exact) mass is 1200 g/mol. The standard InChI is InChI=1S/C87H55N7/c1-4-20-56(21-5-1)67-26-10-11-31-74(67)87-89-85(57-36-44-65(45-37-57)93-77-32-16-12-27-68(77)72-48-40-61(54-83(72)93)59-42-50-81-75(52-59)70-29-14-18-34-79(70)91(81)63-22-6-2-7-23-63)88-86(90-87)58-38-46-66(47-39-58)94-78-33-17-13-28-69(78)73-49-41-62(55-84(73)94)60-43-51-82-76(53-60)71-30-15-19-35-80(71)92(82)64-24-8-3-9-25-64/h1-55H. The summed E-state index contributed by atoms with van der Waals surface area (Å²) in [5.74, 6) is 1.78. The van der Waals surface area contributed by atoms with Gasteiger partial charge in [-0.15, -0.1) is 0 Å². The van der Waals surface area contributed by atoms with Crippen molar-refractivity contribution in [2.45, 2.75) is 0 Å². The van der Waals surface area contributed by atoms with Crippen molar-refractivity contribution in [3.05, 3.63) is 334 Å². The third-order valence-electron chi connectivity index (χ3n) is 19.0. The maximum absolute atomic E-state index is 5.36. The highest BCUT2D eigenvalue weighted by Gasteiger charge is 2.22. The van der Waals surface area contributed by atoms with Crippen LogP contribution in [-0.2, 0) is 0 Å². The molecule has 0 fully saturated rings. The molecule has 19 aromatic rings. The third-order valence-corrected chi connectivity index (χ3v) is 19.0. The highest BCUT2D eigenvalue weighted by atomic mass is 15.0. The van der Waals surface area contributed by atoms with Gasteiger partial charge in [-0.2, -0.15) is 0 Å². The first-order valence-corrected chi connectivity index (χ1v) is 32.0. The molecule has 0 aliphatic rings. The second-order valence-corrected chi connectivity index (χ2v) is 24.3. The van der Waals surface area contributed by atoms with Crippen molar-refractivity contribution in [1.29, 1.82) is 0 Å². The minimum Gasteiger partial charge on any atom is -0.309 e. The molecule has 438 valence electrons. The largest absolute Gasteiger partial charge is 0.309 e. The van der Waals surface area contributed by atoms with E-state index in [9.17, 15) is 0 Å². The van der Waals surface area contributed by atoms with Gasteiger partial charge in [-0.05, 0) is 167 Å². The first-order valence-electron chi connectivity index (χ1n) is 32.0. The molecule has 0 bridgehead atoms. The smallest absolute Gasteiger partial charge is 0.164 e. The summed E-state index contributed by atoms with van der Waals surface area (Å²) in [5, 5.41) is 9.70. The highest BCUT2D eigenvalue weighted by Crippen LogP contribution is 2.42. The summed E-state index contributed by atoms with van der Waals surface area (Å²) in [4.78, 5) is 16.1. The first-order chi connectivity index (χ1) is 46.6. The van der Waals surface area contributed by atoms with Crippen LogP contribution in [0.25, 0.3) is 178 Å². The molecule has 14 aromatic carbocycles. The fourth-order valence-electron chi connectivity index (χ4n) is 14.7. The van der Waals surface area contributed by atoms with Gasteiger partial charge in [-0.3, -0.25) is 0 Å². The van der Waals surface area contributed by atoms with Gasteiger partial charge in [0.2, 0.25) is 0 Å². The quantitative estimate of drug-likeness (QED) is 0.137. The van der Waals surface area contributed by atoms with Crippen molar-refractivity contribution >= 4 is 87.2 Å². The molecule has 0 saturated carbocycles. The molecule has 7 nitrogen and oxygen atoms in total. The van der Waals surface area contributed by atoms with E-state index in [1.165, 1.54) is 65.2 Å². The fourth-order valence-corrected chi connectivity index (χ4v) is 14.7. The minimum atomic E-state index is 0.588. The van der Waals surface area contributed by atoms with Crippen LogP contribution < -0.4 is 0 Å². The lowest BCUT2D eigenvalue weighted by atomic mass is 9.99. The molecular weight excluding hydrogens is 1140 g/mol. The Morgan fingerprint density at radius 1 is 0.160 bits per heavy atom. The maximum Gasteiger partial charge on any atom is 0.164 e. The summed E-state index contributed by atoms with van der Waals surface area (Å²) in [7, 11) is 0. The number of aromatic nitrogens is 7. The number of benzene rings is 14. The Balaban J connectivity index is 0.709. The first kappa shape index (κ1) is 53.2. The van der Waals surface area contributed by atoms with E-state index in [1.54, 1.807) is 0 Å². The van der Waals surface area contributed by atoms with Crippen LogP contribution >= 0.6 is 0 Å². The van der Waals surface area contributed by atoms with Crippen LogP contribution in [0.15, 0.2) is 334 Å². The van der Waals surface area contributed by atoms with Crippen molar-refractivity contribution in [1.82, 2.24) is 33.2 Å². The van der Waals surface area contributed by atoms with Crippen LogP contribution in [0.1, 0.15) is 0 Å². The van der Waals surface area contributed by atoms with Crippen molar-refractivity contribution in [2.24, 2.45) is 0 Å². The Bertz CT molecular complexity index is 5860. The van der Waals surface area contributed by atoms with Crippen LogP contribution in [-0.4, -0.2) is 33.2 Å². The number of hydrogen-bond donors (Lipinski definition) is 0. The molecule has 0 unspecified atom stereocenters. The van der Waals surface area contributed by atoms with Gasteiger partial charge in [-0.25, -0.2) is 15.0 Å². The predicted octanol–water partition coefficient (Wildman–Crippen LogP) is 22.3.